The van der Waals surface area contributed by atoms with Crippen LogP contribution < -0.4 is 0 Å². The van der Waals surface area contributed by atoms with E-state index < -0.39 is 97.5 Å². The molecule has 0 aromatic rings. The number of ether oxygens (including phenoxy) is 4. The van der Waals surface area contributed by atoms with Gasteiger partial charge in [-0.1, -0.05) is 295 Å². The van der Waals surface area contributed by atoms with Crippen LogP contribution in [0.5, 0.6) is 0 Å². The van der Waals surface area contributed by atoms with E-state index in [9.17, 15) is 43.2 Å². The number of phosphoric ester groups is 2. The lowest BCUT2D eigenvalue weighted by atomic mass is 10.0. The number of carbonyl (C=O) groups is 4. The number of esters is 4. The molecule has 0 aliphatic carbocycles. The summed E-state index contributed by atoms with van der Waals surface area (Å²) < 4.78 is 68.4. The van der Waals surface area contributed by atoms with Crippen molar-refractivity contribution in [1.29, 1.82) is 0 Å². The summed E-state index contributed by atoms with van der Waals surface area (Å²) in [6.45, 7) is 4.88. The van der Waals surface area contributed by atoms with Crippen molar-refractivity contribution in [3.05, 3.63) is 36.5 Å². The number of unbranched alkanes of at least 4 members (excludes halogenated alkanes) is 42. The number of aliphatic hydroxyl groups excluding tert-OH is 1. The van der Waals surface area contributed by atoms with Crippen LogP contribution in [0.15, 0.2) is 36.5 Å². The molecule has 3 N–H and O–H groups in total. The fourth-order valence-electron chi connectivity index (χ4n) is 10.7. The second-order valence-electron chi connectivity index (χ2n) is 26.0. The zero-order chi connectivity index (χ0) is 69.0. The van der Waals surface area contributed by atoms with Crippen molar-refractivity contribution in [3.8, 4) is 0 Å². The molecule has 5 atom stereocenters. The molecule has 0 aromatic heterocycles. The van der Waals surface area contributed by atoms with Crippen molar-refractivity contribution < 1.29 is 80.2 Å². The Hall–Kier alpha value is -2.72. The summed E-state index contributed by atoms with van der Waals surface area (Å²) in [5.41, 5.74) is 0. The Kier molecular flexibility index (Phi) is 66.8. The van der Waals surface area contributed by atoms with Crippen molar-refractivity contribution in [3.63, 3.8) is 0 Å². The van der Waals surface area contributed by atoms with Crippen LogP contribution in [-0.4, -0.2) is 96.7 Å². The predicted octanol–water partition coefficient (Wildman–Crippen LogP) is 21.6. The minimum absolute atomic E-state index is 0.0845. The summed E-state index contributed by atoms with van der Waals surface area (Å²) in [7, 11) is -9.93. The zero-order valence-corrected chi connectivity index (χ0v) is 61.9. The van der Waals surface area contributed by atoms with Gasteiger partial charge in [0, 0.05) is 25.7 Å². The highest BCUT2D eigenvalue weighted by molar-refractivity contribution is 7.47. The average Bonchev–Trinajstić information content (AvgIpc) is 2.26. The van der Waals surface area contributed by atoms with Crippen molar-refractivity contribution in [1.82, 2.24) is 0 Å². The van der Waals surface area contributed by atoms with Gasteiger partial charge in [-0.2, -0.15) is 0 Å². The minimum atomic E-state index is -4.96. The van der Waals surface area contributed by atoms with Crippen molar-refractivity contribution >= 4 is 39.5 Å². The number of hydrogen-bond donors (Lipinski definition) is 3. The van der Waals surface area contributed by atoms with Gasteiger partial charge in [0.1, 0.15) is 19.3 Å². The van der Waals surface area contributed by atoms with E-state index in [0.29, 0.717) is 25.7 Å². The van der Waals surface area contributed by atoms with Gasteiger partial charge < -0.3 is 33.8 Å². The molecule has 552 valence electrons. The summed E-state index contributed by atoms with van der Waals surface area (Å²) in [5.74, 6) is -2.16. The highest BCUT2D eigenvalue weighted by Crippen LogP contribution is 2.45. The molecule has 0 amide bonds. The van der Waals surface area contributed by atoms with E-state index in [2.05, 4.69) is 64.2 Å². The van der Waals surface area contributed by atoms with E-state index in [1.165, 1.54) is 167 Å². The SMILES string of the molecule is CCCCCC/C=C\C=C/CCCCCCCC(=O)O[C@H](COC(=O)CCCCCCCCCCCCCCC)COP(=O)(O)OC[C@H](O)COP(=O)(O)OC[C@@H](COC(=O)CCCCCCCCCCCCCCC)OC(=O)CCCCCCC/C=C\CCCCCC. The van der Waals surface area contributed by atoms with E-state index >= 15 is 0 Å². The molecule has 0 aliphatic rings. The summed E-state index contributed by atoms with van der Waals surface area (Å²) >= 11 is 0. The van der Waals surface area contributed by atoms with Crippen LogP contribution in [0.4, 0.5) is 0 Å². The number of rotatable bonds is 73. The number of hydrogen-bond acceptors (Lipinski definition) is 15. The Balaban J connectivity index is 5.31. The third kappa shape index (κ3) is 67.8. The van der Waals surface area contributed by atoms with Crippen molar-refractivity contribution in [2.75, 3.05) is 39.6 Å². The molecule has 0 heterocycles. The quantitative estimate of drug-likeness (QED) is 0.0128. The van der Waals surface area contributed by atoms with Crippen molar-refractivity contribution in [2.45, 2.75) is 380 Å². The third-order valence-electron chi connectivity index (χ3n) is 16.6. The van der Waals surface area contributed by atoms with Crippen LogP contribution in [0.2, 0.25) is 0 Å². The molecule has 2 unspecified atom stereocenters. The smallest absolute Gasteiger partial charge is 0.462 e. The molecule has 94 heavy (non-hydrogen) atoms. The summed E-state index contributed by atoms with van der Waals surface area (Å²) in [6.07, 6.45) is 62.7. The van der Waals surface area contributed by atoms with Gasteiger partial charge in [-0.05, 0) is 77.0 Å². The van der Waals surface area contributed by atoms with Crippen molar-refractivity contribution in [2.24, 2.45) is 0 Å². The Morgan fingerprint density at radius 2 is 0.521 bits per heavy atom. The first kappa shape index (κ1) is 91.3. The largest absolute Gasteiger partial charge is 0.472 e. The molecule has 0 spiro atoms. The van der Waals surface area contributed by atoms with Gasteiger partial charge in [0.05, 0.1) is 26.4 Å². The Bertz CT molecular complexity index is 1930. The van der Waals surface area contributed by atoms with E-state index in [-0.39, 0.29) is 25.7 Å². The van der Waals surface area contributed by atoms with Crippen LogP contribution in [-0.2, 0) is 65.4 Å². The number of carbonyl (C=O) groups excluding carboxylic acids is 4. The molecular weight excluding hydrogens is 1230 g/mol. The summed E-state index contributed by atoms with van der Waals surface area (Å²) in [6, 6.07) is 0. The molecular formula is C75H140O17P2. The van der Waals surface area contributed by atoms with Crippen LogP contribution >= 0.6 is 15.6 Å². The fraction of sp³-hybridized carbons (Fsp3) is 0.867. The van der Waals surface area contributed by atoms with Gasteiger partial charge in [0.15, 0.2) is 12.2 Å². The molecule has 17 nitrogen and oxygen atoms in total. The first-order chi connectivity index (χ1) is 45.7. The van der Waals surface area contributed by atoms with Gasteiger partial charge in [-0.15, -0.1) is 0 Å². The zero-order valence-electron chi connectivity index (χ0n) is 60.2. The monoisotopic (exact) mass is 1370 g/mol. The topological polar surface area (TPSA) is 237 Å². The molecule has 0 fully saturated rings. The van der Waals surface area contributed by atoms with E-state index in [4.69, 9.17) is 37.0 Å². The van der Waals surface area contributed by atoms with Gasteiger partial charge >= 0.3 is 39.5 Å². The van der Waals surface area contributed by atoms with Crippen LogP contribution in [0.3, 0.4) is 0 Å². The van der Waals surface area contributed by atoms with Gasteiger partial charge in [0.25, 0.3) is 0 Å². The van der Waals surface area contributed by atoms with Crippen LogP contribution in [0.1, 0.15) is 362 Å². The first-order valence-corrected chi connectivity index (χ1v) is 41.2. The van der Waals surface area contributed by atoms with Crippen LogP contribution in [0.25, 0.3) is 0 Å². The Morgan fingerprint density at radius 3 is 0.809 bits per heavy atom. The number of aliphatic hydroxyl groups is 1. The molecule has 0 aliphatic heterocycles. The second-order valence-corrected chi connectivity index (χ2v) is 28.9. The number of allylic oxidation sites excluding steroid dienone is 6. The Labute approximate surface area is 573 Å². The lowest BCUT2D eigenvalue weighted by Crippen LogP contribution is -2.30. The predicted molar refractivity (Wildman–Crippen MR) is 381 cm³/mol. The third-order valence-corrected chi connectivity index (χ3v) is 18.5. The maximum Gasteiger partial charge on any atom is 0.472 e. The molecule has 0 radical (unpaired) electrons. The second kappa shape index (κ2) is 68.8. The molecule has 19 heteroatoms. The molecule has 0 bridgehead atoms. The molecule has 0 saturated heterocycles. The van der Waals surface area contributed by atoms with Gasteiger partial charge in [-0.25, -0.2) is 9.13 Å². The standard InChI is InChI=1S/C75H140O17P2/c1-5-9-13-17-21-25-29-33-34-38-42-46-50-54-58-62-75(80)92-71(66-86-73(78)60-56-52-48-44-40-36-31-27-23-19-15-11-7-3)68-90-94(83,84)88-64-69(76)63-87-93(81,82)89-67-70(91-74(79)61-57-53-49-45-41-37-32-28-24-20-16-12-8-4)65-85-72(77)59-55-51-47-43-39-35-30-26-22-18-14-10-6-2/h25,28-29,32-34,69-71,76H,5-24,26-27,30-31,35-68H2,1-4H3,(H,81,82)(H,83,84)/b29-25-,32-28-,34-33-/t69-,70-,71-/m1/s1. The fourth-order valence-corrected chi connectivity index (χ4v) is 12.3. The van der Waals surface area contributed by atoms with E-state index in [1.54, 1.807) is 0 Å². The van der Waals surface area contributed by atoms with Gasteiger partial charge in [-0.3, -0.25) is 37.3 Å². The lowest BCUT2D eigenvalue weighted by molar-refractivity contribution is -0.161. The first-order valence-electron chi connectivity index (χ1n) is 38.2. The lowest BCUT2D eigenvalue weighted by Gasteiger charge is -2.21. The number of phosphoric acid groups is 2. The molecule has 0 saturated carbocycles. The summed E-state index contributed by atoms with van der Waals surface area (Å²) in [4.78, 5) is 72.7. The normalized spacial score (nSPS) is 14.2. The maximum atomic E-state index is 13.1. The van der Waals surface area contributed by atoms with Gasteiger partial charge in [0.2, 0.25) is 0 Å². The molecule has 0 rings (SSSR count). The minimum Gasteiger partial charge on any atom is -0.462 e. The maximum absolute atomic E-state index is 13.1. The van der Waals surface area contributed by atoms with E-state index in [1.807, 2.05) is 0 Å². The summed E-state index contributed by atoms with van der Waals surface area (Å²) in [5, 5.41) is 10.6. The highest BCUT2D eigenvalue weighted by Gasteiger charge is 2.30. The highest BCUT2D eigenvalue weighted by atomic mass is 31.2. The molecule has 0 aromatic carbocycles. The Morgan fingerprint density at radius 1 is 0.298 bits per heavy atom. The van der Waals surface area contributed by atoms with E-state index in [0.717, 1.165) is 116 Å². The average molecular weight is 1380 g/mol. The van der Waals surface area contributed by atoms with Crippen LogP contribution in [0, 0.1) is 0 Å².